The minimum Gasteiger partial charge on any atom is -0.481 e. The van der Waals surface area contributed by atoms with E-state index in [-0.39, 0.29) is 24.9 Å². The summed E-state index contributed by atoms with van der Waals surface area (Å²) in [7, 11) is 0. The Morgan fingerprint density at radius 1 is 1.03 bits per heavy atom. The average Bonchev–Trinajstić information content (AvgIpc) is 3.11. The minimum absolute atomic E-state index is 0.0117. The van der Waals surface area contributed by atoms with E-state index in [0.29, 0.717) is 38.4 Å². The molecule has 0 atom stereocenters. The molecule has 2 aromatic rings. The van der Waals surface area contributed by atoms with E-state index in [2.05, 4.69) is 29.6 Å². The van der Waals surface area contributed by atoms with Crippen LogP contribution in [0.5, 0.6) is 0 Å². The Labute approximate surface area is 206 Å². The standard InChI is InChI=1S/C28H34N2O5/c1-28(2,14-25(31)30-15-19(16-30)8-7-13-26(32)33)18-29-27(34)35-17-24-22-11-5-3-9-20(22)21-10-4-6-12-23(21)24/h3-6,9-12,19,24H,7-8,13-18H2,1-2H3,(H,29,34)(H,32,33). The van der Waals surface area contributed by atoms with Crippen LogP contribution in [0.1, 0.15) is 56.6 Å². The summed E-state index contributed by atoms with van der Waals surface area (Å²) >= 11 is 0. The van der Waals surface area contributed by atoms with E-state index in [1.54, 1.807) is 0 Å². The second kappa shape index (κ2) is 10.5. The van der Waals surface area contributed by atoms with Gasteiger partial charge in [-0.25, -0.2) is 4.79 Å². The van der Waals surface area contributed by atoms with Gasteiger partial charge in [-0.2, -0.15) is 0 Å². The van der Waals surface area contributed by atoms with Crippen molar-refractivity contribution in [3.8, 4) is 11.1 Å². The Kier molecular flexibility index (Phi) is 7.43. The third kappa shape index (κ3) is 6.02. The monoisotopic (exact) mass is 478 g/mol. The van der Waals surface area contributed by atoms with E-state index in [9.17, 15) is 14.4 Å². The van der Waals surface area contributed by atoms with Crippen molar-refractivity contribution in [3.05, 3.63) is 59.7 Å². The SMILES string of the molecule is CC(C)(CNC(=O)OCC1c2ccccc2-c2ccccc21)CC(=O)N1CC(CCCC(=O)O)C1. The van der Waals surface area contributed by atoms with E-state index in [1.165, 1.54) is 22.3 Å². The first-order chi connectivity index (χ1) is 16.7. The summed E-state index contributed by atoms with van der Waals surface area (Å²) in [6.45, 7) is 5.89. The van der Waals surface area contributed by atoms with Crippen molar-refractivity contribution in [1.82, 2.24) is 10.2 Å². The normalized spacial score (nSPS) is 15.2. The molecule has 186 valence electrons. The van der Waals surface area contributed by atoms with Gasteiger partial charge < -0.3 is 20.1 Å². The molecule has 0 radical (unpaired) electrons. The fraction of sp³-hybridized carbons (Fsp3) is 0.464. The fourth-order valence-corrected chi connectivity index (χ4v) is 5.04. The lowest BCUT2D eigenvalue weighted by Crippen LogP contribution is -2.51. The van der Waals surface area contributed by atoms with Gasteiger partial charge in [0.1, 0.15) is 6.61 Å². The molecule has 7 heteroatoms. The first-order valence-corrected chi connectivity index (χ1v) is 12.3. The molecule has 0 bridgehead atoms. The summed E-state index contributed by atoms with van der Waals surface area (Å²) in [4.78, 5) is 37.6. The Morgan fingerprint density at radius 3 is 2.23 bits per heavy atom. The number of rotatable bonds is 10. The van der Waals surface area contributed by atoms with Crippen LogP contribution in [0, 0.1) is 11.3 Å². The van der Waals surface area contributed by atoms with Crippen molar-refractivity contribution in [3.63, 3.8) is 0 Å². The van der Waals surface area contributed by atoms with Gasteiger partial charge in [0.05, 0.1) is 0 Å². The molecular weight excluding hydrogens is 444 g/mol. The second-order valence-electron chi connectivity index (χ2n) is 10.5. The van der Waals surface area contributed by atoms with Gasteiger partial charge in [0.2, 0.25) is 5.91 Å². The Morgan fingerprint density at radius 2 is 1.63 bits per heavy atom. The van der Waals surface area contributed by atoms with Gasteiger partial charge in [-0.3, -0.25) is 9.59 Å². The number of hydrogen-bond acceptors (Lipinski definition) is 4. The van der Waals surface area contributed by atoms with Crippen LogP contribution >= 0.6 is 0 Å². The molecular formula is C28H34N2O5. The van der Waals surface area contributed by atoms with Gasteiger partial charge in [0.15, 0.2) is 0 Å². The summed E-state index contributed by atoms with van der Waals surface area (Å²) in [5.41, 5.74) is 4.31. The van der Waals surface area contributed by atoms with Gasteiger partial charge in [0, 0.05) is 38.4 Å². The number of ether oxygens (including phenoxy) is 1. The summed E-state index contributed by atoms with van der Waals surface area (Å²) in [5, 5.41) is 11.6. The maximum absolute atomic E-state index is 12.6. The quantitative estimate of drug-likeness (QED) is 0.518. The molecule has 0 aromatic heterocycles. The third-order valence-corrected chi connectivity index (χ3v) is 7.00. The lowest BCUT2D eigenvalue weighted by atomic mass is 9.86. The van der Waals surface area contributed by atoms with Crippen LogP contribution in [-0.2, 0) is 14.3 Å². The highest BCUT2D eigenvalue weighted by Crippen LogP contribution is 2.44. The van der Waals surface area contributed by atoms with Crippen LogP contribution in [0.15, 0.2) is 48.5 Å². The number of carboxylic acids is 1. The van der Waals surface area contributed by atoms with Crippen molar-refractivity contribution < 1.29 is 24.2 Å². The summed E-state index contributed by atoms with van der Waals surface area (Å²) in [6.07, 6.45) is 1.52. The van der Waals surface area contributed by atoms with E-state index < -0.39 is 17.5 Å². The van der Waals surface area contributed by atoms with Gasteiger partial charge >= 0.3 is 12.1 Å². The molecule has 2 N–H and O–H groups in total. The third-order valence-electron chi connectivity index (χ3n) is 7.00. The van der Waals surface area contributed by atoms with Crippen LogP contribution in [0.2, 0.25) is 0 Å². The minimum atomic E-state index is -0.775. The molecule has 1 aliphatic carbocycles. The van der Waals surface area contributed by atoms with Crippen molar-refractivity contribution in [2.75, 3.05) is 26.2 Å². The van der Waals surface area contributed by atoms with Gasteiger partial charge in [0.25, 0.3) is 0 Å². The summed E-state index contributed by atoms with van der Waals surface area (Å²) in [6, 6.07) is 16.4. The zero-order valence-electron chi connectivity index (χ0n) is 20.5. The number of aliphatic carboxylic acids is 1. The molecule has 7 nitrogen and oxygen atoms in total. The van der Waals surface area contributed by atoms with Crippen molar-refractivity contribution in [1.29, 1.82) is 0 Å². The molecule has 2 aliphatic rings. The molecule has 4 rings (SSSR count). The number of carboxylic acid groups (broad SMARTS) is 1. The molecule has 1 aliphatic heterocycles. The number of fused-ring (bicyclic) bond motifs is 3. The molecule has 2 aromatic carbocycles. The van der Waals surface area contributed by atoms with Gasteiger partial charge in [-0.05, 0) is 46.4 Å². The van der Waals surface area contributed by atoms with E-state index in [0.717, 1.165) is 6.42 Å². The van der Waals surface area contributed by atoms with Gasteiger partial charge in [-0.1, -0.05) is 62.4 Å². The zero-order valence-corrected chi connectivity index (χ0v) is 20.5. The first kappa shape index (κ1) is 24.8. The molecule has 1 fully saturated rings. The molecule has 0 unspecified atom stereocenters. The fourth-order valence-electron chi connectivity index (χ4n) is 5.04. The molecule has 1 heterocycles. The maximum atomic E-state index is 12.6. The summed E-state index contributed by atoms with van der Waals surface area (Å²) in [5.74, 6) is -0.306. The van der Waals surface area contributed by atoms with Crippen molar-refractivity contribution >= 4 is 18.0 Å². The van der Waals surface area contributed by atoms with E-state index >= 15 is 0 Å². The lowest BCUT2D eigenvalue weighted by Gasteiger charge is -2.41. The van der Waals surface area contributed by atoms with E-state index in [4.69, 9.17) is 9.84 Å². The number of carbonyl (C=O) groups excluding carboxylic acids is 2. The Balaban J connectivity index is 1.20. The van der Waals surface area contributed by atoms with Crippen molar-refractivity contribution in [2.24, 2.45) is 11.3 Å². The zero-order chi connectivity index (χ0) is 25.0. The molecule has 35 heavy (non-hydrogen) atoms. The number of benzene rings is 2. The maximum Gasteiger partial charge on any atom is 0.407 e. The number of nitrogens with zero attached hydrogens (tertiary/aromatic N) is 1. The van der Waals surface area contributed by atoms with Crippen LogP contribution < -0.4 is 5.32 Å². The van der Waals surface area contributed by atoms with Crippen LogP contribution in [0.4, 0.5) is 4.79 Å². The number of likely N-dealkylation sites (tertiary alicyclic amines) is 1. The number of hydrogen-bond donors (Lipinski definition) is 2. The highest BCUT2D eigenvalue weighted by atomic mass is 16.5. The Hall–Kier alpha value is -3.35. The predicted molar refractivity (Wildman–Crippen MR) is 133 cm³/mol. The van der Waals surface area contributed by atoms with E-state index in [1.807, 2.05) is 43.0 Å². The van der Waals surface area contributed by atoms with Crippen LogP contribution in [0.25, 0.3) is 11.1 Å². The number of nitrogens with one attached hydrogen (secondary N) is 1. The number of amides is 2. The lowest BCUT2D eigenvalue weighted by molar-refractivity contribution is -0.141. The smallest absolute Gasteiger partial charge is 0.407 e. The predicted octanol–water partition coefficient (Wildman–Crippen LogP) is 4.65. The summed E-state index contributed by atoms with van der Waals surface area (Å²) < 4.78 is 5.60. The highest BCUT2D eigenvalue weighted by Gasteiger charge is 2.34. The second-order valence-corrected chi connectivity index (χ2v) is 10.5. The Bertz CT molecular complexity index is 1040. The van der Waals surface area contributed by atoms with Gasteiger partial charge in [-0.15, -0.1) is 0 Å². The molecule has 1 saturated heterocycles. The molecule has 2 amide bonds. The first-order valence-electron chi connectivity index (χ1n) is 12.3. The number of carbonyl (C=O) groups is 3. The molecule has 0 saturated carbocycles. The number of alkyl carbamates (subject to hydrolysis) is 1. The van der Waals surface area contributed by atoms with Crippen molar-refractivity contribution in [2.45, 2.75) is 45.4 Å². The van der Waals surface area contributed by atoms with Crippen LogP contribution in [-0.4, -0.2) is 54.2 Å². The topological polar surface area (TPSA) is 95.9 Å². The average molecular weight is 479 g/mol. The molecule has 0 spiro atoms. The van der Waals surface area contributed by atoms with Crippen LogP contribution in [0.3, 0.4) is 0 Å². The largest absolute Gasteiger partial charge is 0.481 e. The highest BCUT2D eigenvalue weighted by molar-refractivity contribution is 5.79.